The van der Waals surface area contributed by atoms with Gasteiger partial charge in [0.05, 0.1) is 11.8 Å². The van der Waals surface area contributed by atoms with Crippen molar-refractivity contribution in [3.63, 3.8) is 0 Å². The third-order valence-corrected chi connectivity index (χ3v) is 4.49. The number of hydrogen-bond acceptors (Lipinski definition) is 7. The van der Waals surface area contributed by atoms with Crippen LogP contribution in [0.25, 0.3) is 0 Å². The van der Waals surface area contributed by atoms with E-state index in [4.69, 9.17) is 25.9 Å². The molecule has 0 aliphatic carbocycles. The summed E-state index contributed by atoms with van der Waals surface area (Å²) in [6.07, 6.45) is 0.920. The fourth-order valence-electron chi connectivity index (χ4n) is 2.53. The number of nitrogens with one attached hydrogen (secondary N) is 1. The zero-order chi connectivity index (χ0) is 22.4. The van der Waals surface area contributed by atoms with Crippen molar-refractivity contribution in [3.8, 4) is 23.4 Å². The van der Waals surface area contributed by atoms with E-state index in [9.17, 15) is 9.18 Å². The van der Waals surface area contributed by atoms with Crippen LogP contribution in [0.2, 0.25) is 5.02 Å². The van der Waals surface area contributed by atoms with Crippen molar-refractivity contribution in [2.75, 3.05) is 14.2 Å². The molecule has 0 aliphatic heterocycles. The molecule has 0 aliphatic rings. The number of nitrogens with zero attached hydrogens (tertiary/aromatic N) is 3. The molecule has 1 heterocycles. The molecule has 3 rings (SSSR count). The summed E-state index contributed by atoms with van der Waals surface area (Å²) in [5.41, 5.74) is 0.895. The Bertz CT molecular complexity index is 1140. The lowest BCUT2D eigenvalue weighted by molar-refractivity contribution is -0.114. The number of para-hydroxylation sites is 1. The maximum atomic E-state index is 14.4. The van der Waals surface area contributed by atoms with Gasteiger partial charge in [0.2, 0.25) is 5.82 Å². The van der Waals surface area contributed by atoms with E-state index >= 15 is 0 Å². The maximum absolute atomic E-state index is 14.4. The summed E-state index contributed by atoms with van der Waals surface area (Å²) < 4.78 is 25.7. The Morgan fingerprint density at radius 3 is 2.61 bits per heavy atom. The number of likely N-dealkylation sites (N-methyl/N-ethyl adjacent to an activating group) is 1. The number of amides is 1. The minimum absolute atomic E-state index is 0.0545. The molecule has 0 saturated carbocycles. The zero-order valence-electron chi connectivity index (χ0n) is 16.8. The summed E-state index contributed by atoms with van der Waals surface area (Å²) in [5, 5.41) is 6.71. The van der Waals surface area contributed by atoms with Crippen LogP contribution >= 0.6 is 11.6 Å². The van der Waals surface area contributed by atoms with Crippen molar-refractivity contribution in [1.82, 2.24) is 15.3 Å². The van der Waals surface area contributed by atoms with Gasteiger partial charge in [0.25, 0.3) is 11.8 Å². The molecule has 0 saturated heterocycles. The molecule has 10 heteroatoms. The van der Waals surface area contributed by atoms with Crippen LogP contribution in [0.5, 0.6) is 23.4 Å². The van der Waals surface area contributed by atoms with E-state index in [-0.39, 0.29) is 23.0 Å². The van der Waals surface area contributed by atoms with Crippen LogP contribution < -0.4 is 14.8 Å². The predicted molar refractivity (Wildman–Crippen MR) is 112 cm³/mol. The molecule has 0 unspecified atom stereocenters. The molecule has 0 fully saturated rings. The minimum Gasteiger partial charge on any atom is -0.436 e. The molecular formula is C21H18ClFN4O4. The molecule has 1 aromatic heterocycles. The largest absolute Gasteiger partial charge is 0.436 e. The van der Waals surface area contributed by atoms with Crippen molar-refractivity contribution in [3.05, 3.63) is 70.6 Å². The van der Waals surface area contributed by atoms with Gasteiger partial charge in [0.1, 0.15) is 18.6 Å². The Morgan fingerprint density at radius 1 is 1.13 bits per heavy atom. The Kier molecular flexibility index (Phi) is 6.99. The van der Waals surface area contributed by atoms with Crippen LogP contribution in [-0.4, -0.2) is 35.7 Å². The van der Waals surface area contributed by atoms with Gasteiger partial charge in [-0.05, 0) is 31.2 Å². The third-order valence-electron chi connectivity index (χ3n) is 4.08. The Hall–Kier alpha value is -3.72. The van der Waals surface area contributed by atoms with E-state index in [0.29, 0.717) is 16.3 Å². The van der Waals surface area contributed by atoms with Crippen molar-refractivity contribution in [1.29, 1.82) is 0 Å². The number of halogens is 2. The van der Waals surface area contributed by atoms with Gasteiger partial charge in [0.15, 0.2) is 5.71 Å². The number of rotatable bonds is 7. The second-order valence-electron chi connectivity index (χ2n) is 6.07. The molecule has 0 radical (unpaired) electrons. The van der Waals surface area contributed by atoms with Crippen LogP contribution in [0.3, 0.4) is 0 Å². The predicted octanol–water partition coefficient (Wildman–Crippen LogP) is 4.26. The highest BCUT2D eigenvalue weighted by molar-refractivity contribution is 6.45. The summed E-state index contributed by atoms with van der Waals surface area (Å²) >= 11 is 6.09. The highest BCUT2D eigenvalue weighted by atomic mass is 35.5. The Labute approximate surface area is 182 Å². The Morgan fingerprint density at radius 2 is 1.87 bits per heavy atom. The quantitative estimate of drug-likeness (QED) is 0.432. The van der Waals surface area contributed by atoms with Crippen molar-refractivity contribution in [2.45, 2.75) is 6.92 Å². The summed E-state index contributed by atoms with van der Waals surface area (Å²) in [6.45, 7) is 1.77. The molecule has 0 spiro atoms. The molecule has 31 heavy (non-hydrogen) atoms. The normalized spacial score (nSPS) is 11.1. The van der Waals surface area contributed by atoms with Gasteiger partial charge in [-0.3, -0.25) is 4.79 Å². The van der Waals surface area contributed by atoms with Crippen molar-refractivity contribution >= 4 is 23.2 Å². The lowest BCUT2D eigenvalue weighted by Gasteiger charge is -2.13. The van der Waals surface area contributed by atoms with Crippen LogP contribution in [0.4, 0.5) is 4.39 Å². The number of hydrogen-bond donors (Lipinski definition) is 1. The lowest BCUT2D eigenvalue weighted by atomic mass is 10.1. The summed E-state index contributed by atoms with van der Waals surface area (Å²) in [7, 11) is 2.75. The smallest absolute Gasteiger partial charge is 0.325 e. The number of oxime groups is 1. The van der Waals surface area contributed by atoms with Gasteiger partial charge >= 0.3 is 6.01 Å². The van der Waals surface area contributed by atoms with E-state index in [0.717, 1.165) is 6.20 Å². The highest BCUT2D eigenvalue weighted by Crippen LogP contribution is 2.31. The molecule has 0 bridgehead atoms. The fourth-order valence-corrected chi connectivity index (χ4v) is 2.70. The number of ether oxygens (including phenoxy) is 2. The van der Waals surface area contributed by atoms with E-state index in [1.54, 1.807) is 43.3 Å². The first kappa shape index (κ1) is 22.0. The minimum atomic E-state index is -0.824. The molecule has 8 nitrogen and oxygen atoms in total. The fraction of sp³-hybridized carbons (Fsp3) is 0.143. The van der Waals surface area contributed by atoms with Crippen LogP contribution in [0.1, 0.15) is 11.1 Å². The molecule has 160 valence electrons. The topological polar surface area (TPSA) is 94.9 Å². The van der Waals surface area contributed by atoms with Gasteiger partial charge in [0, 0.05) is 17.6 Å². The van der Waals surface area contributed by atoms with Crippen molar-refractivity contribution in [2.24, 2.45) is 5.16 Å². The molecule has 3 aromatic rings. The standard InChI is InChI=1S/C21H18ClFN4O4/c1-12-14(22)8-6-10-16(12)31-21-25-11-15(23)20(26-21)30-17-9-5-4-7-13(17)18(27-29-3)19(28)24-2/h4-11H,1-3H3,(H,24,28)/b27-18-. The molecule has 0 atom stereocenters. The van der Waals surface area contributed by atoms with E-state index in [2.05, 4.69) is 20.4 Å². The number of carbonyl (C=O) groups excluding carboxylic acids is 1. The van der Waals surface area contributed by atoms with Crippen LogP contribution in [-0.2, 0) is 9.63 Å². The van der Waals surface area contributed by atoms with Crippen LogP contribution in [0.15, 0.2) is 53.8 Å². The van der Waals surface area contributed by atoms with Crippen molar-refractivity contribution < 1.29 is 23.5 Å². The van der Waals surface area contributed by atoms with Gasteiger partial charge in [-0.25, -0.2) is 4.98 Å². The maximum Gasteiger partial charge on any atom is 0.325 e. The summed E-state index contributed by atoms with van der Waals surface area (Å²) in [5.74, 6) is -1.19. The number of benzene rings is 2. The third kappa shape index (κ3) is 5.07. The Balaban J connectivity index is 1.95. The van der Waals surface area contributed by atoms with E-state index < -0.39 is 17.6 Å². The number of aromatic nitrogens is 2. The lowest BCUT2D eigenvalue weighted by Crippen LogP contribution is -2.28. The van der Waals surface area contributed by atoms with E-state index in [1.807, 2.05) is 0 Å². The first-order valence-corrected chi connectivity index (χ1v) is 9.38. The van der Waals surface area contributed by atoms with Gasteiger partial charge in [-0.2, -0.15) is 9.37 Å². The number of carbonyl (C=O) groups is 1. The molecule has 2 aromatic carbocycles. The van der Waals surface area contributed by atoms with Gasteiger partial charge in [-0.1, -0.05) is 35.0 Å². The first-order valence-electron chi connectivity index (χ1n) is 9.00. The highest BCUT2D eigenvalue weighted by Gasteiger charge is 2.20. The van der Waals surface area contributed by atoms with Gasteiger partial charge in [-0.15, -0.1) is 0 Å². The second kappa shape index (κ2) is 9.86. The first-order chi connectivity index (χ1) is 14.9. The molecule has 1 amide bonds. The average molecular weight is 445 g/mol. The van der Waals surface area contributed by atoms with Gasteiger partial charge < -0.3 is 19.6 Å². The van der Waals surface area contributed by atoms with Crippen LogP contribution in [0, 0.1) is 12.7 Å². The monoisotopic (exact) mass is 444 g/mol. The zero-order valence-corrected chi connectivity index (χ0v) is 17.6. The average Bonchev–Trinajstić information content (AvgIpc) is 2.77. The summed E-state index contributed by atoms with van der Waals surface area (Å²) in [6, 6.07) is 11.4. The molecule has 1 N–H and O–H groups in total. The summed E-state index contributed by atoms with van der Waals surface area (Å²) in [4.78, 5) is 24.8. The second-order valence-corrected chi connectivity index (χ2v) is 6.48. The van der Waals surface area contributed by atoms with E-state index in [1.165, 1.54) is 20.2 Å². The molecular weight excluding hydrogens is 427 g/mol. The SMILES string of the molecule is CNC(=O)/C(=N\OC)c1ccccc1Oc1nc(Oc2cccc(Cl)c2C)ncc1F.